The number of para-hydroxylation sites is 1. The Morgan fingerprint density at radius 1 is 0.938 bits per heavy atom. The Morgan fingerprint density at radius 2 is 1.69 bits per heavy atom. The van der Waals surface area contributed by atoms with Crippen LogP contribution in [0.5, 0.6) is 0 Å². The number of hydrogen-bond donors (Lipinski definition) is 1. The van der Waals surface area contributed by atoms with Crippen LogP contribution in [0.3, 0.4) is 0 Å². The van der Waals surface area contributed by atoms with Crippen LogP contribution in [0.25, 0.3) is 16.9 Å². The number of carbonyl (C=O) groups is 2. The van der Waals surface area contributed by atoms with Crippen LogP contribution in [0, 0.1) is 0 Å². The van der Waals surface area contributed by atoms with Gasteiger partial charge < -0.3 is 10.2 Å². The van der Waals surface area contributed by atoms with Gasteiger partial charge in [-0.2, -0.15) is 5.10 Å². The maximum absolute atomic E-state index is 13.0. The molecule has 32 heavy (non-hydrogen) atoms. The molecule has 160 valence electrons. The zero-order valence-electron chi connectivity index (χ0n) is 18.0. The van der Waals surface area contributed by atoms with Gasteiger partial charge in [0, 0.05) is 37.3 Å². The number of benzene rings is 3. The third kappa shape index (κ3) is 4.59. The van der Waals surface area contributed by atoms with Gasteiger partial charge >= 0.3 is 0 Å². The van der Waals surface area contributed by atoms with Crippen LogP contribution in [-0.2, 0) is 11.3 Å². The summed E-state index contributed by atoms with van der Waals surface area (Å²) in [4.78, 5) is 26.3. The number of amides is 2. The van der Waals surface area contributed by atoms with E-state index in [1.54, 1.807) is 24.2 Å². The SMILES string of the molecule is CC(=O)N(C)Cc1ccccc1NC(=O)c1cccc(-n2nccc2-c2ccccc2)c1. The highest BCUT2D eigenvalue weighted by Crippen LogP contribution is 2.23. The zero-order valence-corrected chi connectivity index (χ0v) is 18.0. The third-order valence-electron chi connectivity index (χ3n) is 5.28. The first-order valence-electron chi connectivity index (χ1n) is 10.3. The van der Waals surface area contributed by atoms with Gasteiger partial charge in [0.2, 0.25) is 5.91 Å². The molecule has 0 unspecified atom stereocenters. The second kappa shape index (κ2) is 9.31. The van der Waals surface area contributed by atoms with Crippen molar-refractivity contribution in [3.05, 3.63) is 102 Å². The number of aromatic nitrogens is 2. The van der Waals surface area contributed by atoms with Gasteiger partial charge in [-0.3, -0.25) is 9.59 Å². The summed E-state index contributed by atoms with van der Waals surface area (Å²) >= 11 is 0. The Balaban J connectivity index is 1.59. The van der Waals surface area contributed by atoms with Crippen LogP contribution in [0.4, 0.5) is 5.69 Å². The summed E-state index contributed by atoms with van der Waals surface area (Å²) in [6.07, 6.45) is 1.75. The number of hydrogen-bond acceptors (Lipinski definition) is 3. The fraction of sp³-hybridized carbons (Fsp3) is 0.115. The summed E-state index contributed by atoms with van der Waals surface area (Å²) in [7, 11) is 1.73. The smallest absolute Gasteiger partial charge is 0.255 e. The summed E-state index contributed by atoms with van der Waals surface area (Å²) < 4.78 is 1.82. The summed E-state index contributed by atoms with van der Waals surface area (Å²) in [6, 6.07) is 26.8. The molecule has 1 N–H and O–H groups in total. The fourth-order valence-corrected chi connectivity index (χ4v) is 3.46. The van der Waals surface area contributed by atoms with Crippen molar-refractivity contribution in [3.8, 4) is 16.9 Å². The lowest BCUT2D eigenvalue weighted by atomic mass is 10.1. The molecule has 0 aliphatic rings. The molecule has 4 rings (SSSR count). The first kappa shape index (κ1) is 21.1. The van der Waals surface area contributed by atoms with E-state index in [4.69, 9.17) is 0 Å². The number of carbonyl (C=O) groups excluding carboxylic acids is 2. The predicted octanol–water partition coefficient (Wildman–Crippen LogP) is 4.77. The van der Waals surface area contributed by atoms with Gasteiger partial charge in [-0.15, -0.1) is 0 Å². The molecule has 0 spiro atoms. The van der Waals surface area contributed by atoms with Crippen molar-refractivity contribution >= 4 is 17.5 Å². The highest BCUT2D eigenvalue weighted by molar-refractivity contribution is 6.05. The van der Waals surface area contributed by atoms with Gasteiger partial charge in [0.1, 0.15) is 0 Å². The van der Waals surface area contributed by atoms with E-state index in [1.165, 1.54) is 6.92 Å². The molecule has 1 aromatic heterocycles. The number of anilines is 1. The van der Waals surface area contributed by atoms with E-state index in [2.05, 4.69) is 10.4 Å². The molecule has 0 atom stereocenters. The van der Waals surface area contributed by atoms with Crippen molar-refractivity contribution in [1.29, 1.82) is 0 Å². The Hall–Kier alpha value is -4.19. The van der Waals surface area contributed by atoms with Crippen molar-refractivity contribution in [1.82, 2.24) is 14.7 Å². The molecule has 0 aliphatic carbocycles. The summed E-state index contributed by atoms with van der Waals surface area (Å²) in [5.41, 5.74) is 4.86. The molecule has 2 amide bonds. The topological polar surface area (TPSA) is 67.2 Å². The van der Waals surface area contributed by atoms with E-state index in [0.29, 0.717) is 17.8 Å². The highest BCUT2D eigenvalue weighted by Gasteiger charge is 2.13. The minimum atomic E-state index is -0.224. The minimum Gasteiger partial charge on any atom is -0.342 e. The van der Waals surface area contributed by atoms with Gasteiger partial charge in [-0.1, -0.05) is 54.6 Å². The Morgan fingerprint density at radius 3 is 2.47 bits per heavy atom. The molecule has 3 aromatic carbocycles. The first-order valence-corrected chi connectivity index (χ1v) is 10.3. The molecule has 0 saturated carbocycles. The normalized spacial score (nSPS) is 10.6. The van der Waals surface area contributed by atoms with Crippen LogP contribution in [-0.4, -0.2) is 33.5 Å². The Labute approximate surface area is 187 Å². The largest absolute Gasteiger partial charge is 0.342 e. The number of nitrogens with one attached hydrogen (secondary N) is 1. The minimum absolute atomic E-state index is 0.0349. The van der Waals surface area contributed by atoms with Crippen molar-refractivity contribution in [2.45, 2.75) is 13.5 Å². The second-order valence-corrected chi connectivity index (χ2v) is 7.53. The summed E-state index contributed by atoms with van der Waals surface area (Å²) in [6.45, 7) is 1.94. The maximum atomic E-state index is 13.0. The lowest BCUT2D eigenvalue weighted by Gasteiger charge is -2.18. The Kier molecular flexibility index (Phi) is 6.12. The average Bonchev–Trinajstić information content (AvgIpc) is 3.31. The van der Waals surface area contributed by atoms with Gasteiger partial charge in [0.05, 0.1) is 17.6 Å². The van der Waals surface area contributed by atoms with E-state index >= 15 is 0 Å². The molecule has 0 bridgehead atoms. The first-order chi connectivity index (χ1) is 15.5. The number of rotatable bonds is 6. The zero-order chi connectivity index (χ0) is 22.5. The molecule has 0 aliphatic heterocycles. The molecule has 0 radical (unpaired) electrons. The molecule has 4 aromatic rings. The van der Waals surface area contributed by atoms with E-state index in [-0.39, 0.29) is 11.8 Å². The fourth-order valence-electron chi connectivity index (χ4n) is 3.46. The van der Waals surface area contributed by atoms with Crippen molar-refractivity contribution < 1.29 is 9.59 Å². The monoisotopic (exact) mass is 424 g/mol. The molecule has 0 fully saturated rings. The van der Waals surface area contributed by atoms with Crippen molar-refractivity contribution in [2.75, 3.05) is 12.4 Å². The predicted molar refractivity (Wildman–Crippen MR) is 126 cm³/mol. The van der Waals surface area contributed by atoms with Crippen molar-refractivity contribution in [2.24, 2.45) is 0 Å². The average molecular weight is 425 g/mol. The second-order valence-electron chi connectivity index (χ2n) is 7.53. The van der Waals surface area contributed by atoms with Gasteiger partial charge in [0.15, 0.2) is 0 Å². The van der Waals surface area contributed by atoms with E-state index < -0.39 is 0 Å². The quantitative estimate of drug-likeness (QED) is 0.485. The van der Waals surface area contributed by atoms with Crippen LogP contribution < -0.4 is 5.32 Å². The maximum Gasteiger partial charge on any atom is 0.255 e. The lowest BCUT2D eigenvalue weighted by Crippen LogP contribution is -2.24. The molecular formula is C26H24N4O2. The van der Waals surface area contributed by atoms with Gasteiger partial charge in [-0.25, -0.2) is 4.68 Å². The van der Waals surface area contributed by atoms with Crippen LogP contribution in [0.1, 0.15) is 22.8 Å². The van der Waals surface area contributed by atoms with Crippen molar-refractivity contribution in [3.63, 3.8) is 0 Å². The van der Waals surface area contributed by atoms with Gasteiger partial charge in [0.25, 0.3) is 5.91 Å². The van der Waals surface area contributed by atoms with E-state index in [0.717, 1.165) is 22.5 Å². The molecule has 1 heterocycles. The van der Waals surface area contributed by atoms with E-state index in [1.807, 2.05) is 83.5 Å². The van der Waals surface area contributed by atoms with Crippen LogP contribution in [0.15, 0.2) is 91.1 Å². The Bertz CT molecular complexity index is 1250. The van der Waals surface area contributed by atoms with Crippen LogP contribution in [0.2, 0.25) is 0 Å². The van der Waals surface area contributed by atoms with Gasteiger partial charge in [-0.05, 0) is 35.9 Å². The lowest BCUT2D eigenvalue weighted by molar-refractivity contribution is -0.128. The highest BCUT2D eigenvalue weighted by atomic mass is 16.2. The standard InChI is InChI=1S/C26H24N4O2/c1-19(31)29(2)18-22-11-6-7-14-24(22)28-26(32)21-12-8-13-23(17-21)30-25(15-16-27-30)20-9-4-3-5-10-20/h3-17H,18H2,1-2H3,(H,28,32). The molecule has 6 heteroatoms. The summed E-state index contributed by atoms with van der Waals surface area (Å²) in [5.74, 6) is -0.259. The third-order valence-corrected chi connectivity index (χ3v) is 5.28. The summed E-state index contributed by atoms with van der Waals surface area (Å²) in [5, 5.41) is 7.44. The molecule has 0 saturated heterocycles. The van der Waals surface area contributed by atoms with Crippen LogP contribution >= 0.6 is 0 Å². The van der Waals surface area contributed by atoms with E-state index in [9.17, 15) is 9.59 Å². The number of nitrogens with zero attached hydrogens (tertiary/aromatic N) is 3. The molecule has 6 nitrogen and oxygen atoms in total. The molecular weight excluding hydrogens is 400 g/mol.